The predicted octanol–water partition coefficient (Wildman–Crippen LogP) is 3.42. The number of carbonyl (C=O) groups is 2. The third-order valence-corrected chi connectivity index (χ3v) is 10.4. The molecule has 9 N–H and O–H groups in total. The van der Waals surface area contributed by atoms with Crippen molar-refractivity contribution in [2.45, 2.75) is 75.8 Å². The Balaban J connectivity index is 0.000000296. The number of hydrogen-bond acceptors (Lipinski definition) is 8. The average Bonchev–Trinajstić information content (AvgIpc) is 3.51. The van der Waals surface area contributed by atoms with Crippen LogP contribution in [0.15, 0.2) is 60.7 Å². The Bertz CT molecular complexity index is 1490. The maximum atomic E-state index is 13.4. The Hall–Kier alpha value is -3.58. The second-order valence-corrected chi connectivity index (χ2v) is 14.1. The third-order valence-electron chi connectivity index (χ3n) is 10.4. The lowest BCUT2D eigenvalue weighted by atomic mass is 9.48. The number of aromatic amines is 1. The van der Waals surface area contributed by atoms with E-state index in [0.29, 0.717) is 16.7 Å². The number of aryl methyl sites for hydroxylation is 1. The fourth-order valence-corrected chi connectivity index (χ4v) is 8.48. The topological polar surface area (TPSA) is 195 Å². The van der Waals surface area contributed by atoms with Gasteiger partial charge >= 0.3 is 5.97 Å². The molecule has 0 radical (unpaired) electrons. The van der Waals surface area contributed by atoms with E-state index < -0.39 is 37.0 Å². The molecular weight excluding hydrogens is 614 g/mol. The molecule has 1 heterocycles. The second-order valence-electron chi connectivity index (χ2n) is 14.1. The van der Waals surface area contributed by atoms with Crippen molar-refractivity contribution in [2.75, 3.05) is 25.5 Å². The van der Waals surface area contributed by atoms with Crippen LogP contribution >= 0.6 is 0 Å². The van der Waals surface area contributed by atoms with Gasteiger partial charge < -0.3 is 46.3 Å². The van der Waals surface area contributed by atoms with Gasteiger partial charge in [-0.1, -0.05) is 36.4 Å². The van der Waals surface area contributed by atoms with Crippen LogP contribution in [0.3, 0.4) is 0 Å². The number of aromatic nitrogens is 1. The summed E-state index contributed by atoms with van der Waals surface area (Å²) in [6, 6.07) is 18.4. The fourth-order valence-electron chi connectivity index (χ4n) is 8.48. The number of aromatic carboxylic acids is 1. The van der Waals surface area contributed by atoms with Crippen molar-refractivity contribution >= 4 is 17.6 Å². The van der Waals surface area contributed by atoms with E-state index in [0.717, 1.165) is 47.5 Å². The first-order chi connectivity index (χ1) is 23.0. The van der Waals surface area contributed by atoms with Crippen molar-refractivity contribution < 1.29 is 40.2 Å². The van der Waals surface area contributed by atoms with Crippen LogP contribution in [-0.4, -0.2) is 92.1 Å². The minimum atomic E-state index is -1.55. The summed E-state index contributed by atoms with van der Waals surface area (Å²) in [7, 11) is 1.57. The highest BCUT2D eigenvalue weighted by atomic mass is 16.4. The molecule has 11 nitrogen and oxygen atoms in total. The quantitative estimate of drug-likeness (QED) is 0.132. The van der Waals surface area contributed by atoms with Crippen LogP contribution in [0, 0.1) is 23.2 Å². The number of carboxylic acids is 1. The van der Waals surface area contributed by atoms with E-state index in [9.17, 15) is 19.8 Å². The molecule has 260 valence electrons. The minimum Gasteiger partial charge on any atom is -0.478 e. The zero-order valence-electron chi connectivity index (χ0n) is 27.4. The van der Waals surface area contributed by atoms with E-state index in [4.69, 9.17) is 20.4 Å². The Morgan fingerprint density at radius 3 is 2.08 bits per heavy atom. The van der Waals surface area contributed by atoms with Crippen LogP contribution in [0.25, 0.3) is 11.3 Å². The summed E-state index contributed by atoms with van der Waals surface area (Å²) in [4.78, 5) is 28.3. The first-order valence-corrected chi connectivity index (χ1v) is 16.9. The SMILES string of the molecule is CNC[C@H](O)[C@@H](O)[C@H](O)[C@H](O)CO.O=C(O)c1cccc(NC(=O)c2cc(-c3ccccc3)[nH]c2CCC23CC4CC(CC(C4)C2)C3)c1. The van der Waals surface area contributed by atoms with Gasteiger partial charge in [-0.25, -0.2) is 4.79 Å². The number of likely N-dealkylation sites (N-methyl/N-ethyl adjacent to an activating group) is 1. The maximum Gasteiger partial charge on any atom is 0.335 e. The molecule has 1 amide bonds. The maximum absolute atomic E-state index is 13.4. The zero-order valence-corrected chi connectivity index (χ0v) is 27.4. The van der Waals surface area contributed by atoms with Crippen molar-refractivity contribution in [3.8, 4) is 11.3 Å². The van der Waals surface area contributed by atoms with Crippen molar-refractivity contribution in [1.29, 1.82) is 0 Å². The van der Waals surface area contributed by atoms with Gasteiger partial charge in [0.15, 0.2) is 0 Å². The van der Waals surface area contributed by atoms with Gasteiger partial charge in [0, 0.05) is 23.6 Å². The van der Waals surface area contributed by atoms with Crippen LogP contribution in [-0.2, 0) is 6.42 Å². The average molecular weight is 664 g/mol. The zero-order chi connectivity index (χ0) is 34.4. The summed E-state index contributed by atoms with van der Waals surface area (Å²) in [6.07, 6.45) is 4.70. The van der Waals surface area contributed by atoms with Gasteiger partial charge in [0.25, 0.3) is 5.91 Å². The van der Waals surface area contributed by atoms with Crippen molar-refractivity contribution in [2.24, 2.45) is 23.2 Å². The molecule has 11 heteroatoms. The monoisotopic (exact) mass is 663 g/mol. The molecule has 7 rings (SSSR count). The summed E-state index contributed by atoms with van der Waals surface area (Å²) in [5.41, 5.74) is 4.70. The number of aliphatic hydroxyl groups is 5. The molecule has 2 aromatic carbocycles. The summed E-state index contributed by atoms with van der Waals surface area (Å²) in [5, 5.41) is 59.7. The van der Waals surface area contributed by atoms with Crippen LogP contribution in [0.1, 0.15) is 71.4 Å². The smallest absolute Gasteiger partial charge is 0.335 e. The Morgan fingerprint density at radius 2 is 1.50 bits per heavy atom. The normalized spacial score (nSPS) is 25.0. The number of carbonyl (C=O) groups excluding carboxylic acids is 1. The second kappa shape index (κ2) is 15.8. The van der Waals surface area contributed by atoms with Crippen molar-refractivity contribution in [3.63, 3.8) is 0 Å². The Labute approximate surface area is 281 Å². The number of H-pyrrole nitrogens is 1. The lowest BCUT2D eigenvalue weighted by molar-refractivity contribution is -0.113. The summed E-state index contributed by atoms with van der Waals surface area (Å²) < 4.78 is 0. The van der Waals surface area contributed by atoms with Crippen LogP contribution in [0.5, 0.6) is 0 Å². The molecular formula is C37H49N3O8. The fraction of sp³-hybridized carbons (Fsp3) is 0.514. The molecule has 1 aromatic heterocycles. The highest BCUT2D eigenvalue weighted by Crippen LogP contribution is 2.61. The molecule has 0 aliphatic heterocycles. The number of anilines is 1. The van der Waals surface area contributed by atoms with Gasteiger partial charge in [0.05, 0.1) is 23.8 Å². The largest absolute Gasteiger partial charge is 0.478 e. The molecule has 4 fully saturated rings. The van der Waals surface area contributed by atoms with Crippen molar-refractivity contribution in [1.82, 2.24) is 10.3 Å². The first kappa shape index (κ1) is 35.7. The first-order valence-electron chi connectivity index (χ1n) is 16.9. The highest BCUT2D eigenvalue weighted by molar-refractivity contribution is 6.06. The number of aliphatic hydroxyl groups excluding tert-OH is 5. The van der Waals surface area contributed by atoms with E-state index in [1.54, 1.807) is 19.2 Å². The Morgan fingerprint density at radius 1 is 0.875 bits per heavy atom. The molecule has 4 aliphatic rings. The van der Waals surface area contributed by atoms with Gasteiger partial charge in [-0.05, 0) is 111 Å². The molecule has 0 unspecified atom stereocenters. The number of benzene rings is 2. The van der Waals surface area contributed by atoms with Gasteiger partial charge in [0.1, 0.15) is 18.3 Å². The predicted molar refractivity (Wildman–Crippen MR) is 182 cm³/mol. The summed E-state index contributed by atoms with van der Waals surface area (Å²) >= 11 is 0. The molecule has 4 bridgehead atoms. The van der Waals surface area contributed by atoms with Crippen LogP contribution in [0.4, 0.5) is 5.69 Å². The third kappa shape index (κ3) is 8.52. The number of hydrogen-bond donors (Lipinski definition) is 9. The van der Waals surface area contributed by atoms with E-state index in [1.165, 1.54) is 50.7 Å². The van der Waals surface area contributed by atoms with Crippen LogP contribution in [0.2, 0.25) is 0 Å². The molecule has 0 spiro atoms. The molecule has 0 saturated heterocycles. The van der Waals surface area contributed by atoms with E-state index in [1.807, 2.05) is 36.4 Å². The lowest BCUT2D eigenvalue weighted by Crippen LogP contribution is -2.48. The van der Waals surface area contributed by atoms with E-state index in [-0.39, 0.29) is 18.0 Å². The number of amides is 1. The minimum absolute atomic E-state index is 0.0936. The van der Waals surface area contributed by atoms with Gasteiger partial charge in [-0.3, -0.25) is 4.79 Å². The van der Waals surface area contributed by atoms with Gasteiger partial charge in [-0.2, -0.15) is 0 Å². The standard InChI is InChI=1S/C30H32N2O3.C7H17NO5/c33-28(31-24-8-4-7-23(14-24)29(34)35)25-15-27(22-5-2-1-3-6-22)32-26(25)9-10-30-16-19-11-20(17-30)13-21(12-19)18-30;1-8-2-4(10)6(12)7(13)5(11)3-9/h1-8,14-15,19-21,32H,9-13,16-18H2,(H,31,33)(H,34,35);4-13H,2-3H2,1H3/t;4-,5+,6+,7+/m.0/s1. The Kier molecular flexibility index (Phi) is 11.7. The molecule has 4 atom stereocenters. The summed E-state index contributed by atoms with van der Waals surface area (Å²) in [6.45, 7) is -0.569. The van der Waals surface area contributed by atoms with E-state index in [2.05, 4.69) is 15.6 Å². The van der Waals surface area contributed by atoms with Gasteiger partial charge in [-0.15, -0.1) is 0 Å². The molecule has 4 saturated carbocycles. The highest BCUT2D eigenvalue weighted by Gasteiger charge is 2.50. The number of nitrogens with one attached hydrogen (secondary N) is 3. The molecule has 3 aromatic rings. The number of rotatable bonds is 13. The molecule has 48 heavy (non-hydrogen) atoms. The van der Waals surface area contributed by atoms with Gasteiger partial charge in [0.2, 0.25) is 0 Å². The molecule has 4 aliphatic carbocycles. The lowest BCUT2D eigenvalue weighted by Gasteiger charge is -2.57. The van der Waals surface area contributed by atoms with E-state index >= 15 is 0 Å². The van der Waals surface area contributed by atoms with Crippen LogP contribution < -0.4 is 10.6 Å². The van der Waals surface area contributed by atoms with Crippen molar-refractivity contribution in [3.05, 3.63) is 77.5 Å². The number of carboxylic acid groups (broad SMARTS) is 1. The summed E-state index contributed by atoms with van der Waals surface area (Å²) in [5.74, 6) is 1.52.